The van der Waals surface area contributed by atoms with Gasteiger partial charge in [-0.25, -0.2) is 4.99 Å². The minimum atomic E-state index is 0.171. The Bertz CT molecular complexity index is 1680. The van der Waals surface area contributed by atoms with Gasteiger partial charge in [-0.2, -0.15) is 22.1 Å². The number of nitroso groups, excluding NO2 is 1. The highest BCUT2D eigenvalue weighted by molar-refractivity contribution is 8.76. The lowest BCUT2D eigenvalue weighted by atomic mass is 10.0. The SMILES string of the molecule is CC(C)c1ccc(/C=C/c2cccc[n+]2CCN=O)cc1.CS.NCCSSCCN(Cc1ccccc1)c1ccc(/C=C/C=C/CCC=[NH+]CCO)cc1. The van der Waals surface area contributed by atoms with E-state index in [1.807, 2.05) is 56.8 Å². The quantitative estimate of drug-likeness (QED) is 0.0122. The summed E-state index contributed by atoms with van der Waals surface area (Å²) in [4.78, 5) is 15.8. The van der Waals surface area contributed by atoms with Crippen LogP contribution in [0.15, 0.2) is 127 Å². The number of rotatable bonds is 22. The van der Waals surface area contributed by atoms with Crippen LogP contribution in [0.5, 0.6) is 0 Å². The molecule has 10 heteroatoms. The molecule has 0 bridgehead atoms. The van der Waals surface area contributed by atoms with E-state index in [0.717, 1.165) is 49.7 Å². The molecule has 4 N–H and O–H groups in total. The molecular formula is C45H61N5O2S3+2. The fraction of sp³-hybridized carbons (Fsp3) is 0.333. The molecule has 294 valence electrons. The fourth-order valence-corrected chi connectivity index (χ4v) is 7.02. The van der Waals surface area contributed by atoms with Crippen molar-refractivity contribution in [2.45, 2.75) is 45.7 Å². The van der Waals surface area contributed by atoms with Crippen molar-refractivity contribution in [2.24, 2.45) is 10.9 Å². The molecule has 0 saturated heterocycles. The number of aromatic nitrogens is 1. The van der Waals surface area contributed by atoms with Crippen molar-refractivity contribution in [1.82, 2.24) is 0 Å². The van der Waals surface area contributed by atoms with E-state index in [1.54, 1.807) is 6.26 Å². The van der Waals surface area contributed by atoms with E-state index in [1.165, 1.54) is 27.9 Å². The number of nitrogens with one attached hydrogen (secondary N) is 1. The lowest BCUT2D eigenvalue weighted by Crippen LogP contribution is -2.70. The second-order valence-electron chi connectivity index (χ2n) is 12.5. The van der Waals surface area contributed by atoms with Crippen LogP contribution in [0.1, 0.15) is 60.6 Å². The number of pyridine rings is 1. The molecule has 0 atom stereocenters. The molecule has 7 nitrogen and oxygen atoms in total. The van der Waals surface area contributed by atoms with Crippen LogP contribution < -0.4 is 20.2 Å². The number of anilines is 1. The summed E-state index contributed by atoms with van der Waals surface area (Å²) in [5.41, 5.74) is 12.9. The molecule has 0 unspecified atom stereocenters. The molecule has 0 aliphatic heterocycles. The van der Waals surface area contributed by atoms with E-state index in [2.05, 4.69) is 157 Å². The summed E-state index contributed by atoms with van der Waals surface area (Å²) >= 11 is 3.53. The van der Waals surface area contributed by atoms with Gasteiger partial charge in [0.25, 0.3) is 0 Å². The van der Waals surface area contributed by atoms with Crippen molar-refractivity contribution >= 4 is 64.3 Å². The lowest BCUT2D eigenvalue weighted by Gasteiger charge is -2.25. The van der Waals surface area contributed by atoms with Crippen LogP contribution in [0, 0.1) is 4.91 Å². The van der Waals surface area contributed by atoms with Gasteiger partial charge >= 0.3 is 0 Å². The van der Waals surface area contributed by atoms with Crippen LogP contribution >= 0.6 is 34.2 Å². The van der Waals surface area contributed by atoms with Gasteiger partial charge in [0.05, 0.1) is 0 Å². The van der Waals surface area contributed by atoms with Crippen molar-refractivity contribution in [3.05, 3.63) is 154 Å². The van der Waals surface area contributed by atoms with Crippen molar-refractivity contribution in [2.75, 3.05) is 55.4 Å². The number of allylic oxidation sites excluding steroid dienone is 3. The van der Waals surface area contributed by atoms with E-state index in [-0.39, 0.29) is 6.61 Å². The summed E-state index contributed by atoms with van der Waals surface area (Å²) in [7, 11) is 3.75. The summed E-state index contributed by atoms with van der Waals surface area (Å²) in [6, 6.07) is 34.0. The summed E-state index contributed by atoms with van der Waals surface area (Å²) in [6.07, 6.45) is 20.2. The number of hydrogen-bond donors (Lipinski definition) is 4. The molecule has 0 aliphatic carbocycles. The highest BCUT2D eigenvalue weighted by atomic mass is 33.1. The Balaban J connectivity index is 0.000000392. The highest BCUT2D eigenvalue weighted by Gasteiger charge is 2.08. The number of benzene rings is 3. The van der Waals surface area contributed by atoms with Crippen molar-refractivity contribution in [3.8, 4) is 0 Å². The molecule has 0 radical (unpaired) electrons. The zero-order chi connectivity index (χ0) is 39.8. The van der Waals surface area contributed by atoms with Gasteiger partial charge in [0.2, 0.25) is 5.69 Å². The van der Waals surface area contributed by atoms with Gasteiger partial charge in [-0.1, -0.05) is 132 Å². The normalized spacial score (nSPS) is 11.3. The van der Waals surface area contributed by atoms with Gasteiger partial charge < -0.3 is 15.7 Å². The molecule has 3 aromatic carbocycles. The van der Waals surface area contributed by atoms with Gasteiger partial charge in [-0.15, -0.1) is 0 Å². The fourth-order valence-electron chi connectivity index (χ4n) is 5.17. The largest absolute Gasteiger partial charge is 0.390 e. The van der Waals surface area contributed by atoms with E-state index < -0.39 is 0 Å². The number of thiol groups is 1. The molecule has 0 fully saturated rings. The average molecular weight is 800 g/mol. The van der Waals surface area contributed by atoms with Crippen LogP contribution in [0.2, 0.25) is 0 Å². The Morgan fingerprint density at radius 2 is 1.55 bits per heavy atom. The second kappa shape index (κ2) is 31.3. The van der Waals surface area contributed by atoms with Gasteiger partial charge in [0.1, 0.15) is 19.4 Å². The third-order valence-corrected chi connectivity index (χ3v) is 10.5. The van der Waals surface area contributed by atoms with E-state index in [9.17, 15) is 4.91 Å². The number of hydrogen-bond acceptors (Lipinski definition) is 8. The zero-order valence-corrected chi connectivity index (χ0v) is 35.3. The molecule has 4 rings (SSSR count). The summed E-state index contributed by atoms with van der Waals surface area (Å²) in [5, 5.41) is 11.6. The van der Waals surface area contributed by atoms with Gasteiger partial charge in [0.15, 0.2) is 19.3 Å². The number of aliphatic hydroxyl groups is 1. The van der Waals surface area contributed by atoms with Crippen LogP contribution in [-0.2, 0) is 13.1 Å². The Labute approximate surface area is 343 Å². The van der Waals surface area contributed by atoms with E-state index in [0.29, 0.717) is 25.6 Å². The maximum absolute atomic E-state index is 10.3. The van der Waals surface area contributed by atoms with E-state index >= 15 is 0 Å². The molecule has 0 amide bonds. The zero-order valence-electron chi connectivity index (χ0n) is 32.8. The first-order chi connectivity index (χ1) is 27.0. The first kappa shape index (κ1) is 47.2. The predicted octanol–water partition coefficient (Wildman–Crippen LogP) is 8.11. The topological polar surface area (TPSA) is 96.8 Å². The Hall–Kier alpha value is -3.93. The van der Waals surface area contributed by atoms with Gasteiger partial charge in [0, 0.05) is 61.5 Å². The number of aliphatic hydroxyl groups excluding tert-OH is 1. The van der Waals surface area contributed by atoms with Crippen LogP contribution in [0.4, 0.5) is 5.69 Å². The van der Waals surface area contributed by atoms with E-state index in [4.69, 9.17) is 10.8 Å². The summed E-state index contributed by atoms with van der Waals surface area (Å²) in [5.74, 6) is 2.62. The first-order valence-corrected chi connectivity index (χ1v) is 22.2. The molecule has 0 aliphatic rings. The van der Waals surface area contributed by atoms with Crippen molar-refractivity contribution in [1.29, 1.82) is 0 Å². The van der Waals surface area contributed by atoms with Crippen LogP contribution in [0.3, 0.4) is 0 Å². The molecule has 55 heavy (non-hydrogen) atoms. The summed E-state index contributed by atoms with van der Waals surface area (Å²) < 4.78 is 2.03. The second-order valence-corrected chi connectivity index (χ2v) is 15.2. The highest BCUT2D eigenvalue weighted by Crippen LogP contribution is 2.24. The smallest absolute Gasteiger partial charge is 0.205 e. The maximum atomic E-state index is 10.3. The third kappa shape index (κ3) is 21.1. The average Bonchev–Trinajstić information content (AvgIpc) is 3.23. The van der Waals surface area contributed by atoms with Crippen molar-refractivity contribution in [3.63, 3.8) is 0 Å². The maximum Gasteiger partial charge on any atom is 0.205 e. The number of unbranched alkanes of at least 4 members (excludes halogenated alkanes) is 1. The molecule has 1 heterocycles. The molecular weight excluding hydrogens is 739 g/mol. The number of nitrogens with zero attached hydrogens (tertiary/aromatic N) is 3. The summed E-state index contributed by atoms with van der Waals surface area (Å²) in [6.45, 7) is 8.71. The Morgan fingerprint density at radius 3 is 2.24 bits per heavy atom. The Morgan fingerprint density at radius 1 is 0.855 bits per heavy atom. The van der Waals surface area contributed by atoms with Crippen molar-refractivity contribution < 1.29 is 14.7 Å². The standard InChI is InChI=1S/C26H35N3OS2.C18H21N2O.CH4S/c27-16-21-31-32-22-19-29(23-25-10-6-4-7-11-25)26-14-12-24(13-15-26)9-5-2-1-3-8-17-28-18-20-30;1-15(2)17-9-6-16(7-10-17)8-11-18-5-3-4-13-20(18)14-12-19-21;1-2/h1-2,4-7,9-15,17,30H,3,8,16,18-23,27H2;3-11,13,15H,12,14H2,1-2H3;2H,1H3/q;+1;/p+1/b2-1+,9-5+,28-17?;11-8+;. The monoisotopic (exact) mass is 799 g/mol. The van der Waals surface area contributed by atoms with Gasteiger partial charge in [-0.3, -0.25) is 0 Å². The minimum absolute atomic E-state index is 0.171. The predicted molar refractivity (Wildman–Crippen MR) is 246 cm³/mol. The Kier molecular flexibility index (Phi) is 26.9. The molecule has 0 spiro atoms. The molecule has 1 aromatic heterocycles. The first-order valence-electron chi connectivity index (χ1n) is 18.9. The number of nitrogens with two attached hydrogens (primary N) is 1. The third-order valence-electron chi connectivity index (χ3n) is 8.08. The van der Waals surface area contributed by atoms with Gasteiger partial charge in [-0.05, 0) is 65.1 Å². The minimum Gasteiger partial charge on any atom is -0.390 e. The molecule has 4 aromatic rings. The lowest BCUT2D eigenvalue weighted by molar-refractivity contribution is -0.696. The van der Waals surface area contributed by atoms with Crippen LogP contribution in [-0.4, -0.2) is 61.9 Å². The molecule has 0 saturated carbocycles. The van der Waals surface area contributed by atoms with Crippen LogP contribution in [0.25, 0.3) is 18.2 Å².